The van der Waals surface area contributed by atoms with Crippen molar-refractivity contribution in [3.8, 4) is 5.75 Å². The molecule has 0 heterocycles. The van der Waals surface area contributed by atoms with Gasteiger partial charge in [0.2, 0.25) is 0 Å². The van der Waals surface area contributed by atoms with Gasteiger partial charge < -0.3 is 9.84 Å². The van der Waals surface area contributed by atoms with Crippen molar-refractivity contribution in [3.63, 3.8) is 0 Å². The second-order valence-electron chi connectivity index (χ2n) is 7.02. The minimum absolute atomic E-state index is 0.386. The molecule has 3 nitrogen and oxygen atoms in total. The van der Waals surface area contributed by atoms with Gasteiger partial charge in [-0.1, -0.05) is 41.9 Å². The minimum atomic E-state index is -0.833. The molecule has 1 unspecified atom stereocenters. The molecule has 0 bridgehead atoms. The molecule has 0 spiro atoms. The molecule has 1 atom stereocenters. The van der Waals surface area contributed by atoms with Crippen LogP contribution in [-0.2, 0) is 4.79 Å². The highest BCUT2D eigenvalue weighted by molar-refractivity contribution is 14.1. The standard InChI is InChI=1S/C25H22ClIO3/c1-16-15-22(11-12-23(16)17(2)25(28)29)30-14-13-24(18-3-7-20(26)8-4-18)19-5-9-21(27)10-6-19/h3-13,15,17H,14H2,1-2H3,(H,28,29)/b24-13-. The van der Waals surface area contributed by atoms with E-state index in [1.165, 1.54) is 3.57 Å². The van der Waals surface area contributed by atoms with E-state index < -0.39 is 11.9 Å². The molecule has 0 saturated carbocycles. The molecular weight excluding hydrogens is 511 g/mol. The summed E-state index contributed by atoms with van der Waals surface area (Å²) in [6.45, 7) is 3.98. The van der Waals surface area contributed by atoms with Crippen LogP contribution in [0.4, 0.5) is 0 Å². The SMILES string of the molecule is Cc1cc(OC/C=C(/c2ccc(Cl)cc2)c2ccc(I)cc2)ccc1C(C)C(=O)O. The van der Waals surface area contributed by atoms with E-state index in [1.807, 2.05) is 49.4 Å². The van der Waals surface area contributed by atoms with E-state index in [0.29, 0.717) is 17.4 Å². The zero-order valence-electron chi connectivity index (χ0n) is 16.7. The first kappa shape index (κ1) is 22.4. The molecule has 3 aromatic carbocycles. The van der Waals surface area contributed by atoms with Crippen LogP contribution in [-0.4, -0.2) is 17.7 Å². The molecule has 30 heavy (non-hydrogen) atoms. The van der Waals surface area contributed by atoms with Crippen molar-refractivity contribution < 1.29 is 14.6 Å². The summed E-state index contributed by atoms with van der Waals surface area (Å²) in [5.41, 5.74) is 4.93. The van der Waals surface area contributed by atoms with Gasteiger partial charge in [0, 0.05) is 8.59 Å². The van der Waals surface area contributed by atoms with Crippen LogP contribution in [0.5, 0.6) is 5.75 Å². The molecular formula is C25H22ClIO3. The number of aryl methyl sites for hydroxylation is 1. The summed E-state index contributed by atoms with van der Waals surface area (Å²) < 4.78 is 7.13. The zero-order valence-corrected chi connectivity index (χ0v) is 19.6. The number of carboxylic acids is 1. The highest BCUT2D eigenvalue weighted by Gasteiger charge is 2.16. The summed E-state index contributed by atoms with van der Waals surface area (Å²) in [6, 6.07) is 21.6. The molecule has 0 aromatic heterocycles. The quantitative estimate of drug-likeness (QED) is 0.335. The molecule has 0 amide bonds. The maximum absolute atomic E-state index is 11.2. The first-order valence-corrected chi connectivity index (χ1v) is 11.0. The fourth-order valence-corrected chi connectivity index (χ4v) is 3.72. The van der Waals surface area contributed by atoms with Crippen molar-refractivity contribution in [2.24, 2.45) is 0 Å². The van der Waals surface area contributed by atoms with Gasteiger partial charge in [-0.05, 0) is 107 Å². The number of aliphatic carboxylic acids is 1. The molecule has 0 saturated heterocycles. The predicted molar refractivity (Wildman–Crippen MR) is 130 cm³/mol. The molecule has 0 aliphatic rings. The Bertz CT molecular complexity index is 1010. The fraction of sp³-hybridized carbons (Fsp3) is 0.160. The smallest absolute Gasteiger partial charge is 0.310 e. The lowest BCUT2D eigenvalue weighted by Crippen LogP contribution is -2.09. The number of rotatable bonds is 7. The average Bonchev–Trinajstić information content (AvgIpc) is 2.72. The fourth-order valence-electron chi connectivity index (χ4n) is 3.24. The van der Waals surface area contributed by atoms with Crippen LogP contribution in [0.3, 0.4) is 0 Å². The zero-order chi connectivity index (χ0) is 21.7. The van der Waals surface area contributed by atoms with Crippen molar-refractivity contribution in [2.45, 2.75) is 19.8 Å². The topological polar surface area (TPSA) is 46.5 Å². The Morgan fingerprint density at radius 2 is 1.67 bits per heavy atom. The minimum Gasteiger partial charge on any atom is -0.490 e. The summed E-state index contributed by atoms with van der Waals surface area (Å²) in [7, 11) is 0. The Hall–Kier alpha value is -2.31. The first-order valence-electron chi connectivity index (χ1n) is 9.53. The molecule has 3 rings (SSSR count). The first-order chi connectivity index (χ1) is 14.3. The maximum Gasteiger partial charge on any atom is 0.310 e. The second-order valence-corrected chi connectivity index (χ2v) is 8.70. The van der Waals surface area contributed by atoms with Gasteiger partial charge in [-0.15, -0.1) is 0 Å². The number of hydrogen-bond donors (Lipinski definition) is 1. The molecule has 0 radical (unpaired) electrons. The molecule has 0 fully saturated rings. The van der Waals surface area contributed by atoms with Crippen LogP contribution in [0.15, 0.2) is 72.8 Å². The Balaban J connectivity index is 1.82. The van der Waals surface area contributed by atoms with Gasteiger partial charge >= 0.3 is 5.97 Å². The Morgan fingerprint density at radius 3 is 2.23 bits per heavy atom. The van der Waals surface area contributed by atoms with Gasteiger partial charge in [-0.3, -0.25) is 4.79 Å². The predicted octanol–water partition coefficient (Wildman–Crippen LogP) is 6.95. The number of ether oxygens (including phenoxy) is 1. The van der Waals surface area contributed by atoms with Crippen molar-refractivity contribution in [1.82, 2.24) is 0 Å². The lowest BCUT2D eigenvalue weighted by molar-refractivity contribution is -0.138. The van der Waals surface area contributed by atoms with Gasteiger partial charge in [-0.2, -0.15) is 0 Å². The van der Waals surface area contributed by atoms with Gasteiger partial charge in [0.15, 0.2) is 0 Å². The third kappa shape index (κ3) is 5.64. The van der Waals surface area contributed by atoms with E-state index in [1.54, 1.807) is 6.92 Å². The summed E-state index contributed by atoms with van der Waals surface area (Å²) >= 11 is 8.35. The Morgan fingerprint density at radius 1 is 1.07 bits per heavy atom. The van der Waals surface area contributed by atoms with Crippen LogP contribution >= 0.6 is 34.2 Å². The summed E-state index contributed by atoms with van der Waals surface area (Å²) in [4.78, 5) is 11.2. The second kappa shape index (κ2) is 10.1. The van der Waals surface area contributed by atoms with E-state index in [9.17, 15) is 9.90 Å². The normalized spacial score (nSPS) is 12.5. The highest BCUT2D eigenvalue weighted by Crippen LogP contribution is 2.27. The van der Waals surface area contributed by atoms with Crippen LogP contribution in [0.25, 0.3) is 5.57 Å². The van der Waals surface area contributed by atoms with E-state index >= 15 is 0 Å². The van der Waals surface area contributed by atoms with Crippen LogP contribution in [0, 0.1) is 10.5 Å². The Labute approximate surface area is 195 Å². The molecule has 3 aromatic rings. The maximum atomic E-state index is 11.2. The molecule has 0 aliphatic carbocycles. The van der Waals surface area contributed by atoms with Crippen molar-refractivity contribution in [1.29, 1.82) is 0 Å². The van der Waals surface area contributed by atoms with E-state index in [4.69, 9.17) is 16.3 Å². The molecule has 5 heteroatoms. The lowest BCUT2D eigenvalue weighted by Gasteiger charge is -2.13. The highest BCUT2D eigenvalue weighted by atomic mass is 127. The number of carbonyl (C=O) groups is 1. The number of halogens is 2. The third-order valence-corrected chi connectivity index (χ3v) is 5.90. The lowest BCUT2D eigenvalue weighted by atomic mass is 9.96. The van der Waals surface area contributed by atoms with Crippen molar-refractivity contribution in [2.75, 3.05) is 6.61 Å². The summed E-state index contributed by atoms with van der Waals surface area (Å²) in [5.74, 6) is -0.667. The van der Waals surface area contributed by atoms with Gasteiger partial charge in [0.1, 0.15) is 12.4 Å². The number of benzene rings is 3. The van der Waals surface area contributed by atoms with E-state index in [2.05, 4.69) is 52.9 Å². The van der Waals surface area contributed by atoms with Crippen LogP contribution in [0.2, 0.25) is 5.02 Å². The average molecular weight is 533 g/mol. The van der Waals surface area contributed by atoms with Gasteiger partial charge in [-0.25, -0.2) is 0 Å². The van der Waals surface area contributed by atoms with Crippen molar-refractivity contribution in [3.05, 3.63) is 104 Å². The Kier molecular flexibility index (Phi) is 7.56. The molecule has 1 N–H and O–H groups in total. The molecule has 154 valence electrons. The van der Waals surface area contributed by atoms with E-state index in [-0.39, 0.29) is 0 Å². The third-order valence-electron chi connectivity index (χ3n) is 4.93. The monoisotopic (exact) mass is 532 g/mol. The van der Waals surface area contributed by atoms with Crippen molar-refractivity contribution >= 4 is 45.7 Å². The van der Waals surface area contributed by atoms with Crippen LogP contribution < -0.4 is 4.74 Å². The summed E-state index contributed by atoms with van der Waals surface area (Å²) in [6.07, 6.45) is 2.05. The number of hydrogen-bond acceptors (Lipinski definition) is 2. The number of carboxylic acid groups (broad SMARTS) is 1. The largest absolute Gasteiger partial charge is 0.490 e. The van der Waals surface area contributed by atoms with E-state index in [0.717, 1.165) is 27.8 Å². The van der Waals surface area contributed by atoms with Crippen LogP contribution in [0.1, 0.15) is 35.1 Å². The van der Waals surface area contributed by atoms with Gasteiger partial charge in [0.25, 0.3) is 0 Å². The van der Waals surface area contributed by atoms with Gasteiger partial charge in [0.05, 0.1) is 5.92 Å². The molecule has 0 aliphatic heterocycles. The summed E-state index contributed by atoms with van der Waals surface area (Å²) in [5, 5.41) is 9.93.